The third-order valence-electron chi connectivity index (χ3n) is 1.91. The van der Waals surface area contributed by atoms with Crippen molar-refractivity contribution in [2.75, 3.05) is 13.2 Å². The van der Waals surface area contributed by atoms with Gasteiger partial charge in [-0.3, -0.25) is 0 Å². The van der Waals surface area contributed by atoms with Crippen molar-refractivity contribution in [3.63, 3.8) is 0 Å². The van der Waals surface area contributed by atoms with Crippen LogP contribution in [0.1, 0.15) is 27.7 Å². The molecule has 0 saturated heterocycles. The number of hydrogen-bond donors (Lipinski definition) is 1. The summed E-state index contributed by atoms with van der Waals surface area (Å²) in [7, 11) is 0. The van der Waals surface area contributed by atoms with E-state index in [4.69, 9.17) is 10.5 Å². The van der Waals surface area contributed by atoms with E-state index in [1.54, 1.807) is 0 Å². The first kappa shape index (κ1) is 9.92. The molecule has 0 heterocycles. The summed E-state index contributed by atoms with van der Waals surface area (Å²) in [5.41, 5.74) is 5.84. The number of ether oxygens (including phenoxy) is 1. The van der Waals surface area contributed by atoms with Crippen molar-refractivity contribution in [1.29, 1.82) is 0 Å². The quantitative estimate of drug-likeness (QED) is 0.649. The van der Waals surface area contributed by atoms with Crippen molar-refractivity contribution in [2.45, 2.75) is 33.7 Å². The van der Waals surface area contributed by atoms with Crippen molar-refractivity contribution in [1.82, 2.24) is 0 Å². The number of rotatable bonds is 4. The summed E-state index contributed by atoms with van der Waals surface area (Å²) in [6.07, 6.45) is 0. The van der Waals surface area contributed by atoms with Crippen molar-refractivity contribution in [2.24, 2.45) is 11.1 Å². The van der Waals surface area contributed by atoms with Crippen LogP contribution in [0.2, 0.25) is 0 Å². The van der Waals surface area contributed by atoms with Crippen molar-refractivity contribution >= 4 is 0 Å². The summed E-state index contributed by atoms with van der Waals surface area (Å²) < 4.78 is 5.28. The van der Waals surface area contributed by atoms with Gasteiger partial charge >= 0.3 is 0 Å². The van der Waals surface area contributed by atoms with Gasteiger partial charge in [-0.05, 0) is 13.8 Å². The molecule has 0 aromatic rings. The number of hydrogen-bond acceptors (Lipinski definition) is 2. The minimum Gasteiger partial charge on any atom is -0.381 e. The summed E-state index contributed by atoms with van der Waals surface area (Å²) in [6, 6.07) is 0.194. The fourth-order valence-corrected chi connectivity index (χ4v) is 0.497. The smallest absolute Gasteiger partial charge is 0.0531 e. The van der Waals surface area contributed by atoms with Gasteiger partial charge in [0.05, 0.1) is 6.61 Å². The van der Waals surface area contributed by atoms with E-state index in [1.165, 1.54) is 0 Å². The van der Waals surface area contributed by atoms with E-state index in [2.05, 4.69) is 13.8 Å². The normalized spacial score (nSPS) is 15.3. The Hall–Kier alpha value is -0.0800. The maximum absolute atomic E-state index is 5.73. The molecule has 0 bridgehead atoms. The fourth-order valence-electron chi connectivity index (χ4n) is 0.497. The van der Waals surface area contributed by atoms with E-state index in [0.717, 1.165) is 13.2 Å². The van der Waals surface area contributed by atoms with Crippen molar-refractivity contribution in [3.05, 3.63) is 0 Å². The van der Waals surface area contributed by atoms with Gasteiger partial charge in [0.15, 0.2) is 0 Å². The molecule has 1 atom stereocenters. The molecule has 0 aliphatic heterocycles. The minimum absolute atomic E-state index is 0.107. The summed E-state index contributed by atoms with van der Waals surface area (Å²) in [5, 5.41) is 0. The van der Waals surface area contributed by atoms with Gasteiger partial charge in [-0.2, -0.15) is 0 Å². The van der Waals surface area contributed by atoms with Gasteiger partial charge in [0.25, 0.3) is 0 Å². The van der Waals surface area contributed by atoms with Crippen LogP contribution in [-0.2, 0) is 4.74 Å². The minimum atomic E-state index is 0.107. The molecule has 2 nitrogen and oxygen atoms in total. The fraction of sp³-hybridized carbons (Fsp3) is 1.00. The van der Waals surface area contributed by atoms with E-state index in [0.29, 0.717) is 0 Å². The first-order valence-electron chi connectivity index (χ1n) is 3.84. The standard InChI is InChI=1S/C8H19NO/c1-5-10-6-8(3,4)7(2)9/h7H,5-6,9H2,1-4H3/t7-/m0/s1. The molecule has 0 aliphatic rings. The van der Waals surface area contributed by atoms with Gasteiger partial charge in [-0.15, -0.1) is 0 Å². The second-order valence-electron chi connectivity index (χ2n) is 3.41. The van der Waals surface area contributed by atoms with E-state index in [-0.39, 0.29) is 11.5 Å². The predicted octanol–water partition coefficient (Wildman–Crippen LogP) is 1.40. The SMILES string of the molecule is CCOCC(C)(C)[C@H](C)N. The van der Waals surface area contributed by atoms with Crippen LogP contribution in [0.4, 0.5) is 0 Å². The van der Waals surface area contributed by atoms with E-state index < -0.39 is 0 Å². The average Bonchev–Trinajstić information content (AvgIpc) is 1.84. The zero-order chi connectivity index (χ0) is 8.20. The Bertz CT molecular complexity index is 89.3. The second kappa shape index (κ2) is 3.94. The Balaban J connectivity index is 3.63. The highest BCUT2D eigenvalue weighted by Crippen LogP contribution is 2.18. The molecule has 0 radical (unpaired) electrons. The van der Waals surface area contributed by atoms with Gasteiger partial charge < -0.3 is 10.5 Å². The third-order valence-corrected chi connectivity index (χ3v) is 1.91. The zero-order valence-electron chi connectivity index (χ0n) is 7.48. The highest BCUT2D eigenvalue weighted by Gasteiger charge is 2.22. The molecule has 0 unspecified atom stereocenters. The molecule has 0 amide bonds. The first-order valence-corrected chi connectivity index (χ1v) is 3.84. The molecule has 0 aliphatic carbocycles. The Morgan fingerprint density at radius 2 is 2.00 bits per heavy atom. The van der Waals surface area contributed by atoms with Crippen LogP contribution in [0.15, 0.2) is 0 Å². The molecular weight excluding hydrogens is 126 g/mol. The Labute approximate surface area is 63.7 Å². The van der Waals surface area contributed by atoms with E-state index in [9.17, 15) is 0 Å². The van der Waals surface area contributed by atoms with Crippen LogP contribution in [0.25, 0.3) is 0 Å². The van der Waals surface area contributed by atoms with E-state index >= 15 is 0 Å². The topological polar surface area (TPSA) is 35.2 Å². The summed E-state index contributed by atoms with van der Waals surface area (Å²) in [5.74, 6) is 0. The Kier molecular flexibility index (Phi) is 3.91. The van der Waals surface area contributed by atoms with Crippen molar-refractivity contribution in [3.8, 4) is 0 Å². The van der Waals surface area contributed by atoms with Gasteiger partial charge in [0.1, 0.15) is 0 Å². The van der Waals surface area contributed by atoms with Gasteiger partial charge in [0, 0.05) is 18.1 Å². The molecule has 62 valence electrons. The molecule has 0 rings (SSSR count). The lowest BCUT2D eigenvalue weighted by molar-refractivity contribution is 0.0594. The van der Waals surface area contributed by atoms with Gasteiger partial charge in [0.2, 0.25) is 0 Å². The third kappa shape index (κ3) is 3.18. The second-order valence-corrected chi connectivity index (χ2v) is 3.41. The molecule has 0 aromatic heterocycles. The first-order chi connectivity index (χ1) is 4.50. The molecule has 2 heteroatoms. The number of nitrogens with two attached hydrogens (primary N) is 1. The summed E-state index contributed by atoms with van der Waals surface area (Å²) >= 11 is 0. The molecule has 2 N–H and O–H groups in total. The molecule has 10 heavy (non-hydrogen) atoms. The molecular formula is C8H19NO. The lowest BCUT2D eigenvalue weighted by Crippen LogP contribution is -2.38. The monoisotopic (exact) mass is 145 g/mol. The van der Waals surface area contributed by atoms with Gasteiger partial charge in [-0.25, -0.2) is 0 Å². The van der Waals surface area contributed by atoms with Crippen LogP contribution in [0.5, 0.6) is 0 Å². The Morgan fingerprint density at radius 3 is 2.30 bits per heavy atom. The summed E-state index contributed by atoms with van der Waals surface area (Å²) in [4.78, 5) is 0. The van der Waals surface area contributed by atoms with Gasteiger partial charge in [-0.1, -0.05) is 13.8 Å². The summed E-state index contributed by atoms with van der Waals surface area (Å²) in [6.45, 7) is 9.77. The van der Waals surface area contributed by atoms with Crippen LogP contribution < -0.4 is 5.73 Å². The molecule has 0 aromatic carbocycles. The Morgan fingerprint density at radius 1 is 1.50 bits per heavy atom. The highest BCUT2D eigenvalue weighted by atomic mass is 16.5. The molecule has 0 saturated carbocycles. The maximum atomic E-state index is 5.73. The van der Waals surface area contributed by atoms with E-state index in [1.807, 2.05) is 13.8 Å². The van der Waals surface area contributed by atoms with Crippen LogP contribution >= 0.6 is 0 Å². The zero-order valence-corrected chi connectivity index (χ0v) is 7.48. The van der Waals surface area contributed by atoms with Crippen LogP contribution in [-0.4, -0.2) is 19.3 Å². The average molecular weight is 145 g/mol. The van der Waals surface area contributed by atoms with Crippen LogP contribution in [0, 0.1) is 5.41 Å². The largest absolute Gasteiger partial charge is 0.381 e. The lowest BCUT2D eigenvalue weighted by Gasteiger charge is -2.28. The maximum Gasteiger partial charge on any atom is 0.0531 e. The lowest BCUT2D eigenvalue weighted by atomic mass is 9.87. The molecule has 0 spiro atoms. The highest BCUT2D eigenvalue weighted by molar-refractivity contribution is 4.76. The van der Waals surface area contributed by atoms with Crippen molar-refractivity contribution < 1.29 is 4.74 Å². The molecule has 0 fully saturated rings. The predicted molar refractivity (Wildman–Crippen MR) is 43.9 cm³/mol. The van der Waals surface area contributed by atoms with Crippen LogP contribution in [0.3, 0.4) is 0 Å².